The average molecular weight is 545 g/mol. The second kappa shape index (κ2) is 11.4. The zero-order valence-corrected chi connectivity index (χ0v) is 22.7. The van der Waals surface area contributed by atoms with Gasteiger partial charge < -0.3 is 15.0 Å². The maximum absolute atomic E-state index is 12.5. The largest absolute Gasteiger partial charge is 0.378 e. The molecule has 0 atom stereocenters. The SMILES string of the molecule is Cc1ccc(S(=O)(=O)N(C)C)cc1NC(=S)N/N=C\c1sc(N2CCOCC2)nc1-c1ccccc1. The Bertz CT molecular complexity index is 1350. The van der Waals surface area contributed by atoms with Crippen molar-refractivity contribution >= 4 is 55.7 Å². The number of benzene rings is 2. The van der Waals surface area contributed by atoms with E-state index in [1.54, 1.807) is 35.8 Å². The van der Waals surface area contributed by atoms with Crippen molar-refractivity contribution in [1.82, 2.24) is 14.7 Å². The molecule has 4 rings (SSSR count). The zero-order chi connectivity index (χ0) is 25.7. The highest BCUT2D eigenvalue weighted by Gasteiger charge is 2.20. The molecule has 1 saturated heterocycles. The number of aromatic nitrogens is 1. The highest BCUT2D eigenvalue weighted by molar-refractivity contribution is 7.89. The summed E-state index contributed by atoms with van der Waals surface area (Å²) in [6.45, 7) is 4.83. The molecule has 36 heavy (non-hydrogen) atoms. The lowest BCUT2D eigenvalue weighted by atomic mass is 10.1. The number of sulfonamides is 1. The van der Waals surface area contributed by atoms with Crippen LogP contribution in [-0.4, -0.2) is 69.4 Å². The van der Waals surface area contributed by atoms with Gasteiger partial charge in [-0.1, -0.05) is 47.7 Å². The molecule has 2 N–H and O–H groups in total. The van der Waals surface area contributed by atoms with Crippen LogP contribution in [0.4, 0.5) is 10.8 Å². The highest BCUT2D eigenvalue weighted by atomic mass is 32.2. The number of nitrogens with one attached hydrogen (secondary N) is 2. The van der Waals surface area contributed by atoms with Crippen molar-refractivity contribution in [3.05, 3.63) is 59.0 Å². The average Bonchev–Trinajstić information content (AvgIpc) is 3.30. The predicted octanol–water partition coefficient (Wildman–Crippen LogP) is 3.53. The van der Waals surface area contributed by atoms with Gasteiger partial charge in [0.25, 0.3) is 0 Å². The summed E-state index contributed by atoms with van der Waals surface area (Å²) < 4.78 is 31.6. The Labute approximate surface area is 220 Å². The molecule has 9 nitrogen and oxygen atoms in total. The molecular formula is C24H28N6O3S3. The molecule has 2 aromatic carbocycles. The second-order valence-corrected chi connectivity index (χ2v) is 11.8. The van der Waals surface area contributed by atoms with E-state index in [4.69, 9.17) is 21.9 Å². The summed E-state index contributed by atoms with van der Waals surface area (Å²) in [6, 6.07) is 14.8. The van der Waals surface area contributed by atoms with Crippen LogP contribution >= 0.6 is 23.6 Å². The van der Waals surface area contributed by atoms with Crippen molar-refractivity contribution in [1.29, 1.82) is 0 Å². The maximum Gasteiger partial charge on any atom is 0.242 e. The van der Waals surface area contributed by atoms with Gasteiger partial charge in [-0.15, -0.1) is 0 Å². The first-order chi connectivity index (χ1) is 17.3. The number of morpholine rings is 1. The molecule has 12 heteroatoms. The summed E-state index contributed by atoms with van der Waals surface area (Å²) in [7, 11) is -0.567. The minimum atomic E-state index is -3.56. The molecule has 2 heterocycles. The fourth-order valence-electron chi connectivity index (χ4n) is 3.51. The van der Waals surface area contributed by atoms with Crippen molar-refractivity contribution in [3.63, 3.8) is 0 Å². The Hall–Kier alpha value is -2.90. The first-order valence-corrected chi connectivity index (χ1v) is 13.9. The van der Waals surface area contributed by atoms with Gasteiger partial charge in [-0.2, -0.15) is 5.10 Å². The van der Waals surface area contributed by atoms with Crippen LogP contribution in [0.3, 0.4) is 0 Å². The van der Waals surface area contributed by atoms with Crippen LogP contribution in [0.2, 0.25) is 0 Å². The minimum absolute atomic E-state index is 0.180. The number of rotatable bonds is 7. The summed E-state index contributed by atoms with van der Waals surface area (Å²) in [5, 5.41) is 8.54. The third-order valence-corrected chi connectivity index (χ3v) is 8.61. The molecule has 1 aliphatic rings. The zero-order valence-electron chi connectivity index (χ0n) is 20.3. The van der Waals surface area contributed by atoms with Crippen LogP contribution in [0, 0.1) is 6.92 Å². The van der Waals surface area contributed by atoms with Crippen molar-refractivity contribution in [3.8, 4) is 11.3 Å². The van der Waals surface area contributed by atoms with E-state index >= 15 is 0 Å². The molecule has 0 bridgehead atoms. The first-order valence-electron chi connectivity index (χ1n) is 11.3. The van der Waals surface area contributed by atoms with Crippen LogP contribution in [-0.2, 0) is 14.8 Å². The molecule has 1 aromatic heterocycles. The van der Waals surface area contributed by atoms with Crippen LogP contribution in [0.15, 0.2) is 58.5 Å². The number of hydrogen-bond donors (Lipinski definition) is 2. The van der Waals surface area contributed by atoms with E-state index in [-0.39, 0.29) is 10.0 Å². The van der Waals surface area contributed by atoms with Gasteiger partial charge in [-0.3, -0.25) is 5.43 Å². The number of nitrogens with zero attached hydrogens (tertiary/aromatic N) is 4. The molecule has 0 saturated carbocycles. The van der Waals surface area contributed by atoms with E-state index in [2.05, 4.69) is 20.7 Å². The number of aryl methyl sites for hydroxylation is 1. The lowest BCUT2D eigenvalue weighted by Crippen LogP contribution is -2.36. The molecule has 0 spiro atoms. The van der Waals surface area contributed by atoms with Crippen LogP contribution in [0.5, 0.6) is 0 Å². The number of anilines is 2. The van der Waals surface area contributed by atoms with E-state index < -0.39 is 10.0 Å². The van der Waals surface area contributed by atoms with E-state index in [9.17, 15) is 8.42 Å². The third-order valence-electron chi connectivity index (χ3n) is 5.55. The van der Waals surface area contributed by atoms with Crippen molar-refractivity contribution in [2.45, 2.75) is 11.8 Å². The lowest BCUT2D eigenvalue weighted by molar-refractivity contribution is 0.122. The topological polar surface area (TPSA) is 99.2 Å². The molecule has 1 aliphatic heterocycles. The molecule has 3 aromatic rings. The number of hydrazone groups is 1. The van der Waals surface area contributed by atoms with Crippen molar-refractivity contribution < 1.29 is 13.2 Å². The van der Waals surface area contributed by atoms with Crippen LogP contribution in [0.25, 0.3) is 11.3 Å². The maximum atomic E-state index is 12.5. The summed E-state index contributed by atoms with van der Waals surface area (Å²) in [6.07, 6.45) is 1.71. The standard InChI is InChI=1S/C24H28N6O3S3/c1-17-9-10-19(36(31,32)29(2)3)15-20(17)26-23(34)28-25-16-21-22(18-7-5-4-6-8-18)27-24(35-21)30-11-13-33-14-12-30/h4-10,15-16H,11-14H2,1-3H3,(H2,26,28,34)/b25-16-. The quantitative estimate of drug-likeness (QED) is 0.265. The third kappa shape index (κ3) is 6.08. The van der Waals surface area contributed by atoms with Gasteiger partial charge in [-0.05, 0) is 36.8 Å². The summed E-state index contributed by atoms with van der Waals surface area (Å²) in [4.78, 5) is 8.18. The first kappa shape index (κ1) is 26.2. The van der Waals surface area contributed by atoms with Gasteiger partial charge >= 0.3 is 0 Å². The number of thiocarbonyl (C=S) groups is 1. The minimum Gasteiger partial charge on any atom is -0.378 e. The monoisotopic (exact) mass is 544 g/mol. The molecule has 1 fully saturated rings. The Morgan fingerprint density at radius 1 is 1.19 bits per heavy atom. The molecule has 190 valence electrons. The fraction of sp³-hybridized carbons (Fsp3) is 0.292. The lowest BCUT2D eigenvalue weighted by Gasteiger charge is -2.26. The molecule has 0 aliphatic carbocycles. The van der Waals surface area contributed by atoms with E-state index in [0.717, 1.165) is 39.9 Å². The van der Waals surface area contributed by atoms with E-state index in [0.29, 0.717) is 18.9 Å². The van der Waals surface area contributed by atoms with Gasteiger partial charge in [0.05, 0.1) is 34.9 Å². The Kier molecular flexibility index (Phi) is 8.32. The smallest absolute Gasteiger partial charge is 0.242 e. The predicted molar refractivity (Wildman–Crippen MR) is 150 cm³/mol. The Morgan fingerprint density at radius 3 is 2.61 bits per heavy atom. The van der Waals surface area contributed by atoms with Gasteiger partial charge in [0.2, 0.25) is 10.0 Å². The molecule has 0 unspecified atom stereocenters. The van der Waals surface area contributed by atoms with Crippen molar-refractivity contribution in [2.24, 2.45) is 5.10 Å². The summed E-state index contributed by atoms with van der Waals surface area (Å²) >= 11 is 6.96. The fourth-order valence-corrected chi connectivity index (χ4v) is 5.61. The van der Waals surface area contributed by atoms with Gasteiger partial charge in [0, 0.05) is 38.4 Å². The second-order valence-electron chi connectivity index (χ2n) is 8.26. The van der Waals surface area contributed by atoms with E-state index in [1.165, 1.54) is 18.4 Å². The number of thiazole rings is 1. The number of ether oxygens (including phenoxy) is 1. The Morgan fingerprint density at radius 2 is 1.92 bits per heavy atom. The van der Waals surface area contributed by atoms with E-state index in [1.807, 2.05) is 37.3 Å². The van der Waals surface area contributed by atoms with Crippen LogP contribution in [0.1, 0.15) is 10.4 Å². The summed E-state index contributed by atoms with van der Waals surface area (Å²) in [5.41, 5.74) is 6.12. The normalized spacial score (nSPS) is 14.4. The van der Waals surface area contributed by atoms with Gasteiger partial charge in [0.1, 0.15) is 0 Å². The summed E-state index contributed by atoms with van der Waals surface area (Å²) in [5.74, 6) is 0. The molecule has 0 radical (unpaired) electrons. The number of hydrogen-bond acceptors (Lipinski definition) is 8. The molecular weight excluding hydrogens is 517 g/mol. The van der Waals surface area contributed by atoms with Crippen LogP contribution < -0.4 is 15.6 Å². The van der Waals surface area contributed by atoms with Gasteiger partial charge in [0.15, 0.2) is 10.2 Å². The van der Waals surface area contributed by atoms with Gasteiger partial charge in [-0.25, -0.2) is 17.7 Å². The molecule has 0 amide bonds. The highest BCUT2D eigenvalue weighted by Crippen LogP contribution is 2.32. The van der Waals surface area contributed by atoms with Crippen molar-refractivity contribution in [2.75, 3.05) is 50.6 Å². The Balaban J connectivity index is 1.50.